The molecule has 5 heteroatoms. The molecule has 0 aliphatic heterocycles. The molecule has 0 saturated heterocycles. The van der Waals surface area contributed by atoms with Crippen LogP contribution in [-0.2, 0) is 10.0 Å². The molecular weight excluding hydrogens is 272 g/mol. The zero-order valence-corrected chi connectivity index (χ0v) is 13.0. The third kappa shape index (κ3) is 3.96. The highest BCUT2D eigenvalue weighted by Gasteiger charge is 2.19. The summed E-state index contributed by atoms with van der Waals surface area (Å²) in [5.41, 5.74) is 1.000. The molecule has 0 amide bonds. The number of anilines is 1. The Kier molecular flexibility index (Phi) is 5.05. The van der Waals surface area contributed by atoms with Gasteiger partial charge in [0, 0.05) is 18.3 Å². The lowest BCUT2D eigenvalue weighted by Gasteiger charge is -2.28. The maximum Gasteiger partial charge on any atom is 0.240 e. The summed E-state index contributed by atoms with van der Waals surface area (Å²) in [5, 5.41) is 3.51. The zero-order chi connectivity index (χ0) is 14.6. The lowest BCUT2D eigenvalue weighted by molar-refractivity contribution is 0.358. The second kappa shape index (κ2) is 6.59. The van der Waals surface area contributed by atoms with Crippen LogP contribution in [0, 0.1) is 5.92 Å². The Bertz CT molecular complexity index is 525. The number of hydrogen-bond donors (Lipinski definition) is 2. The van der Waals surface area contributed by atoms with Crippen molar-refractivity contribution < 1.29 is 8.42 Å². The monoisotopic (exact) mass is 296 g/mol. The Morgan fingerprint density at radius 3 is 2.50 bits per heavy atom. The van der Waals surface area contributed by atoms with Crippen LogP contribution in [0.5, 0.6) is 0 Å². The van der Waals surface area contributed by atoms with E-state index in [0.29, 0.717) is 17.5 Å². The quantitative estimate of drug-likeness (QED) is 0.878. The van der Waals surface area contributed by atoms with Gasteiger partial charge in [-0.15, -0.1) is 0 Å². The van der Waals surface area contributed by atoms with E-state index < -0.39 is 10.0 Å². The minimum atomic E-state index is -3.35. The smallest absolute Gasteiger partial charge is 0.240 e. The fourth-order valence-corrected chi connectivity index (χ4v) is 3.85. The van der Waals surface area contributed by atoms with E-state index in [4.69, 9.17) is 0 Å². The van der Waals surface area contributed by atoms with Crippen LogP contribution in [-0.4, -0.2) is 21.0 Å². The fourth-order valence-electron chi connectivity index (χ4n) is 2.80. The van der Waals surface area contributed by atoms with Gasteiger partial charge in [-0.05, 0) is 43.0 Å². The Labute approximate surface area is 122 Å². The topological polar surface area (TPSA) is 58.2 Å². The third-order valence-corrected chi connectivity index (χ3v) is 5.37. The largest absolute Gasteiger partial charge is 0.382 e. The molecule has 0 aromatic heterocycles. The maximum atomic E-state index is 11.8. The molecule has 1 saturated carbocycles. The van der Waals surface area contributed by atoms with Gasteiger partial charge >= 0.3 is 0 Å². The average molecular weight is 296 g/mol. The highest BCUT2D eigenvalue weighted by atomic mass is 32.2. The van der Waals surface area contributed by atoms with Crippen LogP contribution in [0.25, 0.3) is 0 Å². The van der Waals surface area contributed by atoms with Crippen molar-refractivity contribution in [2.24, 2.45) is 5.92 Å². The van der Waals surface area contributed by atoms with Gasteiger partial charge in [-0.1, -0.05) is 26.7 Å². The van der Waals surface area contributed by atoms with Gasteiger partial charge in [0.15, 0.2) is 0 Å². The van der Waals surface area contributed by atoms with E-state index in [1.807, 2.05) is 12.1 Å². The Hall–Kier alpha value is -1.07. The summed E-state index contributed by atoms with van der Waals surface area (Å²) in [5.74, 6) is 0.773. The lowest BCUT2D eigenvalue weighted by Crippen LogP contribution is -2.26. The van der Waals surface area contributed by atoms with Gasteiger partial charge in [-0.3, -0.25) is 0 Å². The highest BCUT2D eigenvalue weighted by molar-refractivity contribution is 7.89. The molecule has 0 heterocycles. The van der Waals surface area contributed by atoms with Gasteiger partial charge in [0.05, 0.1) is 4.90 Å². The first kappa shape index (κ1) is 15.3. The summed E-state index contributed by atoms with van der Waals surface area (Å²) in [6.07, 6.45) is 4.98. The van der Waals surface area contributed by atoms with Gasteiger partial charge in [0.2, 0.25) is 10.0 Å². The van der Waals surface area contributed by atoms with Gasteiger partial charge in [0.25, 0.3) is 0 Å². The molecule has 2 atom stereocenters. The van der Waals surface area contributed by atoms with Gasteiger partial charge in [0.1, 0.15) is 0 Å². The predicted molar refractivity (Wildman–Crippen MR) is 82.3 cm³/mol. The number of benzene rings is 1. The molecule has 20 heavy (non-hydrogen) atoms. The molecule has 1 aromatic carbocycles. The average Bonchev–Trinajstić information content (AvgIpc) is 2.39. The van der Waals surface area contributed by atoms with E-state index >= 15 is 0 Å². The highest BCUT2D eigenvalue weighted by Crippen LogP contribution is 2.26. The molecule has 0 bridgehead atoms. The molecule has 1 aliphatic carbocycles. The molecule has 0 spiro atoms. The molecule has 1 aliphatic rings. The normalized spacial score (nSPS) is 23.5. The van der Waals surface area contributed by atoms with Crippen LogP contribution in [0.4, 0.5) is 5.69 Å². The van der Waals surface area contributed by atoms with Crippen LogP contribution < -0.4 is 10.0 Å². The summed E-state index contributed by atoms with van der Waals surface area (Å²) < 4.78 is 26.2. The molecule has 1 aromatic rings. The van der Waals surface area contributed by atoms with E-state index in [-0.39, 0.29) is 0 Å². The first-order chi connectivity index (χ1) is 9.51. The summed E-state index contributed by atoms with van der Waals surface area (Å²) >= 11 is 0. The summed E-state index contributed by atoms with van der Waals surface area (Å²) in [6, 6.07) is 7.53. The number of sulfonamides is 1. The van der Waals surface area contributed by atoms with E-state index in [9.17, 15) is 8.42 Å². The van der Waals surface area contributed by atoms with E-state index in [1.165, 1.54) is 25.7 Å². The fraction of sp³-hybridized carbons (Fsp3) is 0.600. The molecule has 4 nitrogen and oxygen atoms in total. The maximum absolute atomic E-state index is 11.8. The summed E-state index contributed by atoms with van der Waals surface area (Å²) in [7, 11) is -3.35. The van der Waals surface area contributed by atoms with Gasteiger partial charge in [-0.2, -0.15) is 0 Å². The molecule has 0 radical (unpaired) electrons. The van der Waals surface area contributed by atoms with E-state index in [0.717, 1.165) is 11.6 Å². The SMILES string of the molecule is CCNS(=O)(=O)c1ccc(NC2CCCC(C)C2)cc1. The Morgan fingerprint density at radius 2 is 1.90 bits per heavy atom. The molecule has 1 fully saturated rings. The van der Waals surface area contributed by atoms with Crippen molar-refractivity contribution >= 4 is 15.7 Å². The summed E-state index contributed by atoms with van der Waals surface area (Å²) in [6.45, 7) is 4.47. The van der Waals surface area contributed by atoms with Crippen molar-refractivity contribution in [2.45, 2.75) is 50.5 Å². The van der Waals surface area contributed by atoms with Gasteiger partial charge < -0.3 is 5.32 Å². The Balaban J connectivity index is 2.01. The van der Waals surface area contributed by atoms with Crippen LogP contribution in [0.2, 0.25) is 0 Å². The standard InChI is InChI=1S/C15H24N2O2S/c1-3-16-20(18,19)15-9-7-13(8-10-15)17-14-6-4-5-12(2)11-14/h7-10,12,14,16-17H,3-6,11H2,1-2H3. The third-order valence-electron chi connectivity index (χ3n) is 3.81. The first-order valence-electron chi connectivity index (χ1n) is 7.37. The van der Waals surface area contributed by atoms with Crippen LogP contribution >= 0.6 is 0 Å². The second-order valence-electron chi connectivity index (χ2n) is 5.64. The molecule has 2 unspecified atom stereocenters. The van der Waals surface area contributed by atoms with Crippen LogP contribution in [0.3, 0.4) is 0 Å². The first-order valence-corrected chi connectivity index (χ1v) is 8.86. The molecule has 112 valence electrons. The Morgan fingerprint density at radius 1 is 1.20 bits per heavy atom. The van der Waals surface area contributed by atoms with Crippen molar-refractivity contribution in [3.8, 4) is 0 Å². The zero-order valence-electron chi connectivity index (χ0n) is 12.2. The minimum Gasteiger partial charge on any atom is -0.382 e. The molecule has 2 N–H and O–H groups in total. The van der Waals surface area contributed by atoms with Crippen molar-refractivity contribution in [2.75, 3.05) is 11.9 Å². The van der Waals surface area contributed by atoms with E-state index in [2.05, 4.69) is 17.0 Å². The molecule has 2 rings (SSSR count). The number of nitrogens with one attached hydrogen (secondary N) is 2. The lowest BCUT2D eigenvalue weighted by atomic mass is 9.87. The van der Waals surface area contributed by atoms with Crippen LogP contribution in [0.15, 0.2) is 29.2 Å². The van der Waals surface area contributed by atoms with E-state index in [1.54, 1.807) is 19.1 Å². The van der Waals surface area contributed by atoms with Gasteiger partial charge in [-0.25, -0.2) is 13.1 Å². The van der Waals surface area contributed by atoms with Crippen molar-refractivity contribution in [3.05, 3.63) is 24.3 Å². The summed E-state index contributed by atoms with van der Waals surface area (Å²) in [4.78, 5) is 0.321. The second-order valence-corrected chi connectivity index (χ2v) is 7.41. The van der Waals surface area contributed by atoms with Crippen molar-refractivity contribution in [3.63, 3.8) is 0 Å². The minimum absolute atomic E-state index is 0.321. The van der Waals surface area contributed by atoms with Crippen molar-refractivity contribution in [1.82, 2.24) is 4.72 Å². The predicted octanol–water partition coefficient (Wildman–Crippen LogP) is 2.98. The number of rotatable bonds is 5. The molecular formula is C15H24N2O2S. The van der Waals surface area contributed by atoms with Crippen LogP contribution in [0.1, 0.15) is 39.5 Å². The number of hydrogen-bond acceptors (Lipinski definition) is 3. The van der Waals surface area contributed by atoms with Crippen molar-refractivity contribution in [1.29, 1.82) is 0 Å².